The van der Waals surface area contributed by atoms with Crippen LogP contribution in [0.2, 0.25) is 5.15 Å². The number of ether oxygens (including phenoxy) is 2. The Morgan fingerprint density at radius 1 is 0.647 bits per heavy atom. The van der Waals surface area contributed by atoms with Gasteiger partial charge in [0.15, 0.2) is 0 Å². The zero-order valence-electron chi connectivity index (χ0n) is 29.3. The van der Waals surface area contributed by atoms with E-state index in [4.69, 9.17) is 26.1 Å². The molecule has 0 saturated carbocycles. The normalized spacial score (nSPS) is 14.0. The van der Waals surface area contributed by atoms with Crippen LogP contribution >= 0.6 is 11.6 Å². The molecule has 260 valence electrons. The summed E-state index contributed by atoms with van der Waals surface area (Å²) >= 11 is 6.29. The number of morpholine rings is 2. The minimum atomic E-state index is 0. The summed E-state index contributed by atoms with van der Waals surface area (Å²) in [4.78, 5) is 22.9. The van der Waals surface area contributed by atoms with Gasteiger partial charge in [-0.2, -0.15) is 6.92 Å². The van der Waals surface area contributed by atoms with E-state index in [1.165, 1.54) is 11.4 Å². The Morgan fingerprint density at radius 2 is 1.08 bits per heavy atom. The molecule has 0 unspecified atom stereocenters. The van der Waals surface area contributed by atoms with Gasteiger partial charge in [-0.25, -0.2) is 4.98 Å². The zero-order chi connectivity index (χ0) is 34.0. The Morgan fingerprint density at radius 3 is 1.55 bits per heavy atom. The van der Waals surface area contributed by atoms with Gasteiger partial charge in [-0.1, -0.05) is 42.8 Å². The third-order valence-corrected chi connectivity index (χ3v) is 8.93. The number of halogens is 2. The van der Waals surface area contributed by atoms with E-state index in [-0.39, 0.29) is 40.0 Å². The van der Waals surface area contributed by atoms with Crippen molar-refractivity contribution >= 4 is 67.8 Å². The fraction of sp³-hybridized carbons (Fsp3) is 0.275. The number of fused-ring (bicyclic) bond motifs is 2. The molecule has 6 heterocycles. The minimum Gasteiger partial charge on any atom is -1.00 e. The molecule has 6 aromatic rings. The Bertz CT molecular complexity index is 1970. The van der Waals surface area contributed by atoms with Crippen molar-refractivity contribution in [2.75, 3.05) is 62.4 Å². The van der Waals surface area contributed by atoms with Crippen molar-refractivity contribution < 1.29 is 26.5 Å². The Balaban J connectivity index is 0.000000210. The first-order valence-electron chi connectivity index (χ1n) is 16.9. The number of aromatic nitrogens is 4. The largest absolute Gasteiger partial charge is 2.00 e. The molecule has 0 spiro atoms. The van der Waals surface area contributed by atoms with Crippen LogP contribution in [-0.2, 0) is 15.9 Å². The molecule has 0 aliphatic carbocycles. The van der Waals surface area contributed by atoms with Crippen molar-refractivity contribution in [1.82, 2.24) is 19.9 Å². The molecule has 2 fully saturated rings. The van der Waals surface area contributed by atoms with Crippen LogP contribution in [-0.4, -0.2) is 95.6 Å². The average molecular weight is 778 g/mol. The average Bonchev–Trinajstić information content (AvgIpc) is 3.19. The second-order valence-electron chi connectivity index (χ2n) is 11.5. The molecule has 51 heavy (non-hydrogen) atoms. The first-order chi connectivity index (χ1) is 24.2. The third-order valence-electron chi connectivity index (χ3n) is 8.64. The fourth-order valence-electron chi connectivity index (χ4n) is 6.07. The summed E-state index contributed by atoms with van der Waals surface area (Å²) in [6, 6.07) is 29.0. The maximum Gasteiger partial charge on any atom is 2.00 e. The van der Waals surface area contributed by atoms with Crippen LogP contribution in [0.25, 0.3) is 44.3 Å². The van der Waals surface area contributed by atoms with Crippen LogP contribution in [0.1, 0.15) is 19.5 Å². The van der Waals surface area contributed by atoms with Crippen LogP contribution in [0.15, 0.2) is 97.3 Å². The quantitative estimate of drug-likeness (QED) is 0.139. The molecular weight excluding hydrogens is 736 g/mol. The van der Waals surface area contributed by atoms with Crippen molar-refractivity contribution in [2.45, 2.75) is 20.3 Å². The Kier molecular flexibility index (Phi) is 15.9. The van der Waals surface area contributed by atoms with E-state index in [0.717, 1.165) is 109 Å². The van der Waals surface area contributed by atoms with Crippen LogP contribution in [0.4, 0.5) is 11.4 Å². The SMILES string of the molecule is CCc1nc(-c2ccc(N3CCOCC3)cc2)cc2ncccc12.Clc1nc(-c2ccc(N3CCOCC3)cc2)cc2ncccc12.[Br-].[CH2-]C.[Mg+2]. The molecule has 8 rings (SSSR count). The molecule has 2 aliphatic heterocycles. The standard InChI is InChI=1S/C20H21N3O.C18H16ClN3O.C2H5.BrH.Mg/c1-2-18-17-4-3-9-21-20(17)14-19(22-18)15-5-7-16(8-6-15)23-10-12-24-13-11-23;19-18-15-2-1-7-20-17(15)12-16(21-18)13-3-5-14(6-4-13)22-8-10-23-11-9-22;1-2;;/h3-9,14H,2,10-13H2,1H3;1-7,12H,8-11H2;1H2,2H3;1H;/q;;-1;;+2/p-1. The molecule has 11 heteroatoms. The Labute approximate surface area is 332 Å². The van der Waals surface area contributed by atoms with Crippen LogP contribution in [0.3, 0.4) is 0 Å². The Hall–Kier alpha value is -3.38. The second kappa shape index (κ2) is 20.0. The molecule has 0 amide bonds. The predicted molar refractivity (Wildman–Crippen MR) is 207 cm³/mol. The second-order valence-corrected chi connectivity index (χ2v) is 11.9. The van der Waals surface area contributed by atoms with E-state index in [0.29, 0.717) is 5.15 Å². The van der Waals surface area contributed by atoms with Crippen LogP contribution in [0, 0.1) is 6.92 Å². The summed E-state index contributed by atoms with van der Waals surface area (Å²) in [6.07, 6.45) is 4.51. The predicted octanol–water partition coefficient (Wildman–Crippen LogP) is 4.95. The summed E-state index contributed by atoms with van der Waals surface area (Å²) in [6.45, 7) is 14.1. The zero-order valence-corrected chi connectivity index (χ0v) is 33.0. The third kappa shape index (κ3) is 9.94. The van der Waals surface area contributed by atoms with E-state index < -0.39 is 0 Å². The molecule has 2 aliphatic rings. The first kappa shape index (κ1) is 40.4. The van der Waals surface area contributed by atoms with Gasteiger partial charge in [0.05, 0.1) is 54.5 Å². The van der Waals surface area contributed by atoms with E-state index in [1.807, 2.05) is 30.5 Å². The van der Waals surface area contributed by atoms with E-state index in [2.05, 4.69) is 99.3 Å². The molecular formula is C40H42BrClMgN6O2. The van der Waals surface area contributed by atoms with Crippen molar-refractivity contribution in [3.05, 3.63) is 115 Å². The van der Waals surface area contributed by atoms with Gasteiger partial charge in [0.25, 0.3) is 0 Å². The molecule has 0 atom stereocenters. The molecule has 8 nitrogen and oxygen atoms in total. The number of benzene rings is 2. The summed E-state index contributed by atoms with van der Waals surface area (Å²) < 4.78 is 10.8. The topological polar surface area (TPSA) is 76.5 Å². The summed E-state index contributed by atoms with van der Waals surface area (Å²) in [5.41, 5.74) is 9.44. The van der Waals surface area contributed by atoms with Crippen molar-refractivity contribution in [3.63, 3.8) is 0 Å². The maximum absolute atomic E-state index is 6.29. The molecule has 0 bridgehead atoms. The molecule has 2 saturated heterocycles. The van der Waals surface area contributed by atoms with Gasteiger partial charge >= 0.3 is 23.1 Å². The van der Waals surface area contributed by atoms with E-state index in [1.54, 1.807) is 13.1 Å². The monoisotopic (exact) mass is 776 g/mol. The number of aryl methyl sites for hydroxylation is 1. The van der Waals surface area contributed by atoms with Gasteiger partial charge in [0, 0.05) is 71.8 Å². The summed E-state index contributed by atoms with van der Waals surface area (Å²) in [5.74, 6) is 0. The number of hydrogen-bond acceptors (Lipinski definition) is 8. The first-order valence-corrected chi connectivity index (χ1v) is 17.3. The van der Waals surface area contributed by atoms with Gasteiger partial charge in [-0.05, 0) is 67.1 Å². The van der Waals surface area contributed by atoms with Crippen molar-refractivity contribution in [2.24, 2.45) is 0 Å². The number of pyridine rings is 4. The summed E-state index contributed by atoms with van der Waals surface area (Å²) in [7, 11) is 0. The van der Waals surface area contributed by atoms with Crippen LogP contribution < -0.4 is 26.8 Å². The molecule has 4 aromatic heterocycles. The smallest absolute Gasteiger partial charge is 1.00 e. The number of hydrogen-bond donors (Lipinski definition) is 0. The van der Waals surface area contributed by atoms with Crippen LogP contribution in [0.5, 0.6) is 0 Å². The van der Waals surface area contributed by atoms with Gasteiger partial charge < -0.3 is 43.2 Å². The van der Waals surface area contributed by atoms with Gasteiger partial charge in [0.2, 0.25) is 0 Å². The van der Waals surface area contributed by atoms with Crippen molar-refractivity contribution in [3.8, 4) is 22.5 Å². The molecule has 0 N–H and O–H groups in total. The van der Waals surface area contributed by atoms with Gasteiger partial charge in [-0.3, -0.25) is 15.0 Å². The number of nitrogens with zero attached hydrogens (tertiary/aromatic N) is 6. The summed E-state index contributed by atoms with van der Waals surface area (Å²) in [5, 5.41) is 2.51. The molecule has 2 aromatic carbocycles. The minimum absolute atomic E-state index is 0. The fourth-order valence-corrected chi connectivity index (χ4v) is 6.32. The van der Waals surface area contributed by atoms with Crippen molar-refractivity contribution in [1.29, 1.82) is 0 Å². The number of anilines is 2. The van der Waals surface area contributed by atoms with E-state index in [9.17, 15) is 0 Å². The molecule has 0 radical (unpaired) electrons. The number of rotatable bonds is 5. The van der Waals surface area contributed by atoms with E-state index >= 15 is 0 Å². The van der Waals surface area contributed by atoms with Gasteiger partial charge in [-0.15, -0.1) is 0 Å². The van der Waals surface area contributed by atoms with Gasteiger partial charge in [0.1, 0.15) is 5.15 Å². The maximum atomic E-state index is 6.29.